The number of unbranched alkanes of at least 4 members (excludes halogenated alkanes) is 1. The van der Waals surface area contributed by atoms with E-state index in [1.165, 1.54) is 11.0 Å². The second kappa shape index (κ2) is 21.0. The van der Waals surface area contributed by atoms with Gasteiger partial charge in [0.15, 0.2) is 10.8 Å². The molecule has 1 fully saturated rings. The molecule has 0 saturated carbocycles. The second-order valence-electron chi connectivity index (χ2n) is 13.3. The summed E-state index contributed by atoms with van der Waals surface area (Å²) in [7, 11) is 0. The number of rotatable bonds is 19. The molecule has 5 N–H and O–H groups in total. The predicted molar refractivity (Wildman–Crippen MR) is 200 cm³/mol. The highest BCUT2D eigenvalue weighted by molar-refractivity contribution is 14.1. The molecular formula is C33H52IN7O8S. The van der Waals surface area contributed by atoms with Gasteiger partial charge in [-0.3, -0.25) is 14.9 Å². The molecule has 1 unspecified atom stereocenters. The third kappa shape index (κ3) is 15.6. The Balaban J connectivity index is 2.18. The summed E-state index contributed by atoms with van der Waals surface area (Å²) >= 11 is 3.31. The second-order valence-corrected chi connectivity index (χ2v) is 15.9. The van der Waals surface area contributed by atoms with E-state index in [4.69, 9.17) is 14.3 Å². The Hall–Kier alpha value is -3.48. The lowest BCUT2D eigenvalue weighted by atomic mass is 9.98. The number of nitrogens with zero attached hydrogens (tertiary/aromatic N) is 2. The highest BCUT2D eigenvalue weighted by atomic mass is 127. The van der Waals surface area contributed by atoms with Crippen LogP contribution in [0.25, 0.3) is 0 Å². The van der Waals surface area contributed by atoms with Crippen LogP contribution in [0.1, 0.15) is 93.2 Å². The predicted octanol–water partition coefficient (Wildman–Crippen LogP) is 4.80. The number of hydrogen-bond donors (Lipinski definition) is 5. The minimum absolute atomic E-state index is 0.0213. The Morgan fingerprint density at radius 3 is 2.54 bits per heavy atom. The van der Waals surface area contributed by atoms with E-state index in [0.717, 1.165) is 30.6 Å². The number of alkyl halides is 1. The number of hydrogen-bond acceptors (Lipinski definition) is 11. The van der Waals surface area contributed by atoms with Gasteiger partial charge in [-0.2, -0.15) is 0 Å². The summed E-state index contributed by atoms with van der Waals surface area (Å²) in [5.74, 6) is -1.87. The highest BCUT2D eigenvalue weighted by Gasteiger charge is 2.41. The van der Waals surface area contributed by atoms with Crippen molar-refractivity contribution in [2.75, 3.05) is 25.0 Å². The Kier molecular flexibility index (Phi) is 17.9. The standard InChI is InChI=1S/C33H52IN7O8S/c1-9-11-14-47-29(44)24(15-19(3)4)49-41-26(23-18-50-31(38-23)40-32(46)48-33(6,7)8)28(43)39-25-22(37-27(25)42)17-36-30(45)35-16-21(34)13-12-20(5)10-2/h10,18-19,21-22,24-25H,9,11-17H2,1-8H3,(H,37,42)(H,39,43)(H2,35,36,45)(H,38,40,46)/b20-10-,41-26-/t21?,22-,24+,25+/m1/s1. The molecule has 5 amide bonds. The molecule has 0 aliphatic carbocycles. The van der Waals surface area contributed by atoms with E-state index in [1.54, 1.807) is 20.8 Å². The smallest absolute Gasteiger partial charge is 0.413 e. The van der Waals surface area contributed by atoms with Gasteiger partial charge >= 0.3 is 18.1 Å². The van der Waals surface area contributed by atoms with Crippen molar-refractivity contribution in [2.45, 2.75) is 115 Å². The zero-order valence-corrected chi connectivity index (χ0v) is 33.1. The van der Waals surface area contributed by atoms with E-state index in [9.17, 15) is 24.0 Å². The molecular weight excluding hydrogens is 781 g/mol. The van der Waals surface area contributed by atoms with Crippen LogP contribution in [0.15, 0.2) is 22.2 Å². The topological polar surface area (TPSA) is 198 Å². The molecule has 0 radical (unpaired) electrons. The minimum Gasteiger partial charge on any atom is -0.463 e. The van der Waals surface area contributed by atoms with Crippen LogP contribution in [0, 0.1) is 5.92 Å². The van der Waals surface area contributed by atoms with Crippen LogP contribution in [-0.4, -0.2) is 88.0 Å². The van der Waals surface area contributed by atoms with Gasteiger partial charge in [0, 0.05) is 28.8 Å². The molecule has 0 spiro atoms. The summed E-state index contributed by atoms with van der Waals surface area (Å²) < 4.78 is 10.9. The van der Waals surface area contributed by atoms with Gasteiger partial charge < -0.3 is 35.6 Å². The van der Waals surface area contributed by atoms with Crippen molar-refractivity contribution >= 4 is 74.7 Å². The third-order valence-corrected chi connectivity index (χ3v) is 8.96. The van der Waals surface area contributed by atoms with Crippen molar-refractivity contribution in [3.8, 4) is 0 Å². The first-order valence-corrected chi connectivity index (χ1v) is 18.9. The fourth-order valence-electron chi connectivity index (χ4n) is 4.26. The molecule has 0 aromatic carbocycles. The van der Waals surface area contributed by atoms with Crippen LogP contribution in [0.3, 0.4) is 0 Å². The molecule has 17 heteroatoms. The van der Waals surface area contributed by atoms with Gasteiger partial charge in [0.1, 0.15) is 17.3 Å². The largest absolute Gasteiger partial charge is 0.463 e. The van der Waals surface area contributed by atoms with E-state index >= 15 is 0 Å². The molecule has 0 bridgehead atoms. The normalized spacial score (nSPS) is 17.5. The van der Waals surface area contributed by atoms with Crippen molar-refractivity contribution in [1.82, 2.24) is 26.3 Å². The molecule has 280 valence electrons. The van der Waals surface area contributed by atoms with Crippen LogP contribution >= 0.6 is 33.9 Å². The number of amides is 5. The van der Waals surface area contributed by atoms with Gasteiger partial charge in [0.2, 0.25) is 12.0 Å². The average molecular weight is 834 g/mol. The number of anilines is 1. The number of urea groups is 1. The molecule has 2 rings (SSSR count). The summed E-state index contributed by atoms with van der Waals surface area (Å²) in [6, 6.07) is -2.00. The summed E-state index contributed by atoms with van der Waals surface area (Å²) in [4.78, 5) is 73.7. The van der Waals surface area contributed by atoms with Crippen molar-refractivity contribution in [3.05, 3.63) is 22.7 Å². The van der Waals surface area contributed by atoms with Gasteiger partial charge in [0.25, 0.3) is 5.91 Å². The number of oxime groups is 1. The zero-order valence-electron chi connectivity index (χ0n) is 30.1. The summed E-state index contributed by atoms with van der Waals surface area (Å²) in [6.07, 6.45) is 3.87. The van der Waals surface area contributed by atoms with Crippen molar-refractivity contribution in [3.63, 3.8) is 0 Å². The Morgan fingerprint density at radius 2 is 1.92 bits per heavy atom. The Morgan fingerprint density at radius 1 is 1.20 bits per heavy atom. The maximum absolute atomic E-state index is 13.6. The number of carbonyl (C=O) groups is 5. The van der Waals surface area contributed by atoms with Crippen LogP contribution < -0.4 is 26.6 Å². The van der Waals surface area contributed by atoms with Crippen LogP contribution in [0.2, 0.25) is 0 Å². The van der Waals surface area contributed by atoms with Crippen molar-refractivity contribution in [1.29, 1.82) is 0 Å². The number of halogens is 1. The minimum atomic E-state index is -1.11. The first kappa shape index (κ1) is 42.7. The Bertz CT molecular complexity index is 1380. The van der Waals surface area contributed by atoms with E-state index in [0.29, 0.717) is 13.0 Å². The van der Waals surface area contributed by atoms with Gasteiger partial charge in [0.05, 0.1) is 12.6 Å². The lowest BCUT2D eigenvalue weighted by molar-refractivity contribution is -0.158. The van der Waals surface area contributed by atoms with Crippen LogP contribution in [0.4, 0.5) is 14.7 Å². The van der Waals surface area contributed by atoms with Gasteiger partial charge in [-0.05, 0) is 59.8 Å². The van der Waals surface area contributed by atoms with E-state index in [2.05, 4.69) is 72.3 Å². The first-order chi connectivity index (χ1) is 23.5. The number of aromatic nitrogens is 1. The Labute approximate surface area is 312 Å². The molecule has 1 aliphatic heterocycles. The number of esters is 1. The van der Waals surface area contributed by atoms with Crippen LogP contribution in [-0.2, 0) is 28.7 Å². The fraction of sp³-hybridized carbons (Fsp3) is 0.667. The van der Waals surface area contributed by atoms with Gasteiger partial charge in [-0.15, -0.1) is 11.3 Å². The van der Waals surface area contributed by atoms with Crippen LogP contribution in [0.5, 0.6) is 0 Å². The first-order valence-electron chi connectivity index (χ1n) is 16.8. The van der Waals surface area contributed by atoms with Crippen molar-refractivity contribution < 1.29 is 38.3 Å². The lowest BCUT2D eigenvalue weighted by Gasteiger charge is -2.37. The fourth-order valence-corrected chi connectivity index (χ4v) is 5.47. The maximum atomic E-state index is 13.6. The number of nitrogens with one attached hydrogen (secondary N) is 5. The molecule has 4 atom stereocenters. The van der Waals surface area contributed by atoms with Crippen molar-refractivity contribution in [2.24, 2.45) is 11.1 Å². The molecule has 50 heavy (non-hydrogen) atoms. The van der Waals surface area contributed by atoms with E-state index < -0.39 is 53.7 Å². The number of ether oxygens (including phenoxy) is 2. The quantitative estimate of drug-likeness (QED) is 0.0190. The van der Waals surface area contributed by atoms with E-state index in [-0.39, 0.29) is 46.0 Å². The SMILES string of the molecule is C/C=C(/C)CCC(I)CNC(=O)NC[C@H]1NC(=O)[C@H]1NC(=O)/C(=N\O[C@@H](CC(C)C)C(=O)OCCCC)c1csc(NC(=O)OC(C)(C)C)n1. The summed E-state index contributed by atoms with van der Waals surface area (Å²) in [6.45, 7) is 15.7. The van der Waals surface area contributed by atoms with Gasteiger partial charge in [-0.25, -0.2) is 19.4 Å². The highest BCUT2D eigenvalue weighted by Crippen LogP contribution is 2.20. The molecule has 15 nitrogen and oxygen atoms in total. The summed E-state index contributed by atoms with van der Waals surface area (Å²) in [5, 5.41) is 19.0. The summed E-state index contributed by atoms with van der Waals surface area (Å²) in [5.41, 5.74) is 0.227. The van der Waals surface area contributed by atoms with E-state index in [1.807, 2.05) is 27.7 Å². The number of carbonyl (C=O) groups excluding carboxylic acids is 5. The zero-order chi connectivity index (χ0) is 37.4. The molecule has 2 heterocycles. The number of allylic oxidation sites excluding steroid dienone is 2. The molecule has 1 aliphatic rings. The maximum Gasteiger partial charge on any atom is 0.413 e. The third-order valence-electron chi connectivity index (χ3n) is 7.14. The molecule has 1 aromatic heterocycles. The number of thiazole rings is 1. The molecule has 1 saturated heterocycles. The van der Waals surface area contributed by atoms with Gasteiger partial charge in [-0.1, -0.05) is 66.6 Å². The lowest BCUT2D eigenvalue weighted by Crippen LogP contribution is -2.72. The monoisotopic (exact) mass is 833 g/mol. The molecule has 1 aromatic rings. The average Bonchev–Trinajstić information content (AvgIpc) is 3.49. The number of β-lactam (4-membered cyclic amide) rings is 1.